The van der Waals surface area contributed by atoms with Crippen molar-refractivity contribution in [1.82, 2.24) is 10.9 Å². The average molecular weight is 410 g/mol. The number of rotatable bonds is 6. The van der Waals surface area contributed by atoms with Gasteiger partial charge in [0.15, 0.2) is 12.7 Å². The summed E-state index contributed by atoms with van der Waals surface area (Å²) in [6.45, 7) is 4.72. The Bertz CT molecular complexity index is 884. The molecule has 2 amide bonds. The van der Waals surface area contributed by atoms with Crippen molar-refractivity contribution in [3.63, 3.8) is 0 Å². The fourth-order valence-corrected chi connectivity index (χ4v) is 2.28. The number of aryl methyl sites for hydroxylation is 1. The van der Waals surface area contributed by atoms with Gasteiger partial charge in [0.05, 0.1) is 5.56 Å². The van der Waals surface area contributed by atoms with Crippen molar-refractivity contribution in [2.45, 2.75) is 33.1 Å². The number of carbonyl (C=O) groups excluding carboxylic acids is 2. The summed E-state index contributed by atoms with van der Waals surface area (Å²) in [6.07, 6.45) is -5.40. The Labute approximate surface area is 166 Å². The summed E-state index contributed by atoms with van der Waals surface area (Å²) < 4.78 is 48.6. The first kappa shape index (κ1) is 22.1. The molecule has 2 aromatic carbocycles. The van der Waals surface area contributed by atoms with E-state index < -0.39 is 36.3 Å². The van der Waals surface area contributed by atoms with E-state index in [9.17, 15) is 22.8 Å². The van der Waals surface area contributed by atoms with Gasteiger partial charge in [0.2, 0.25) is 0 Å². The van der Waals surface area contributed by atoms with E-state index >= 15 is 0 Å². The van der Waals surface area contributed by atoms with Gasteiger partial charge in [-0.05, 0) is 56.2 Å². The van der Waals surface area contributed by atoms with Gasteiger partial charge in [0, 0.05) is 0 Å². The van der Waals surface area contributed by atoms with Crippen LogP contribution in [-0.4, -0.2) is 24.5 Å². The van der Waals surface area contributed by atoms with Crippen molar-refractivity contribution in [1.29, 1.82) is 0 Å². The number of halogens is 3. The highest BCUT2D eigenvalue weighted by Crippen LogP contribution is 2.31. The summed E-state index contributed by atoms with van der Waals surface area (Å²) >= 11 is 0. The normalized spacial score (nSPS) is 12.1. The fraction of sp³-hybridized carbons (Fsp3) is 0.300. The van der Waals surface area contributed by atoms with Gasteiger partial charge in [-0.25, -0.2) is 0 Å². The average Bonchev–Trinajstić information content (AvgIpc) is 2.67. The molecule has 0 bridgehead atoms. The maximum Gasteiger partial charge on any atom is 0.416 e. The predicted molar refractivity (Wildman–Crippen MR) is 99.2 cm³/mol. The maximum atomic E-state index is 12.7. The number of carbonyl (C=O) groups is 2. The molecular weight excluding hydrogens is 389 g/mol. The molecule has 0 fully saturated rings. The molecule has 2 N–H and O–H groups in total. The molecule has 0 saturated carbocycles. The molecule has 2 aromatic rings. The van der Waals surface area contributed by atoms with Crippen molar-refractivity contribution < 1.29 is 32.2 Å². The summed E-state index contributed by atoms with van der Waals surface area (Å²) in [5.74, 6) is -0.909. The first-order chi connectivity index (χ1) is 13.6. The van der Waals surface area contributed by atoms with Crippen LogP contribution >= 0.6 is 0 Å². The molecule has 0 spiro atoms. The number of hydrazine groups is 1. The number of hydrogen-bond acceptors (Lipinski definition) is 4. The first-order valence-electron chi connectivity index (χ1n) is 8.69. The second kappa shape index (κ2) is 9.31. The standard InChI is InChI=1S/C20H21F3N2O4/c1-12-6-4-9-17(13(12)2)29-14(3)19(27)25-24-18(26)11-28-16-8-5-7-15(10-16)20(21,22)23/h4-10,14H,11H2,1-3H3,(H,24,26)(H,25,27). The summed E-state index contributed by atoms with van der Waals surface area (Å²) in [7, 11) is 0. The molecule has 0 aliphatic heterocycles. The van der Waals surface area contributed by atoms with Crippen molar-refractivity contribution in [3.05, 3.63) is 59.2 Å². The summed E-state index contributed by atoms with van der Waals surface area (Å²) in [4.78, 5) is 23.8. The van der Waals surface area contributed by atoms with Gasteiger partial charge in [-0.15, -0.1) is 0 Å². The molecule has 0 saturated heterocycles. The molecule has 0 radical (unpaired) electrons. The predicted octanol–water partition coefficient (Wildman–Crippen LogP) is 3.32. The zero-order valence-corrected chi connectivity index (χ0v) is 16.1. The SMILES string of the molecule is Cc1cccc(OC(C)C(=O)NNC(=O)COc2cccc(C(F)(F)F)c2)c1C. The van der Waals surface area contributed by atoms with Crippen LogP contribution < -0.4 is 20.3 Å². The quantitative estimate of drug-likeness (QED) is 0.717. The molecule has 0 aromatic heterocycles. The van der Waals surface area contributed by atoms with Gasteiger partial charge in [0.1, 0.15) is 11.5 Å². The minimum atomic E-state index is -4.51. The van der Waals surface area contributed by atoms with Crippen molar-refractivity contribution >= 4 is 11.8 Å². The van der Waals surface area contributed by atoms with E-state index in [1.165, 1.54) is 19.1 Å². The summed E-state index contributed by atoms with van der Waals surface area (Å²) in [5.41, 5.74) is 5.33. The smallest absolute Gasteiger partial charge is 0.416 e. The van der Waals surface area contributed by atoms with Crippen LogP contribution in [0.25, 0.3) is 0 Å². The number of alkyl halides is 3. The lowest BCUT2D eigenvalue weighted by molar-refractivity contribution is -0.137. The Morgan fingerprint density at radius 3 is 2.45 bits per heavy atom. The van der Waals surface area contributed by atoms with Gasteiger partial charge in [-0.3, -0.25) is 20.4 Å². The number of benzene rings is 2. The summed E-state index contributed by atoms with van der Waals surface area (Å²) in [6, 6.07) is 9.59. The number of hydrogen-bond donors (Lipinski definition) is 2. The third-order valence-corrected chi connectivity index (χ3v) is 4.08. The first-order valence-corrected chi connectivity index (χ1v) is 8.69. The largest absolute Gasteiger partial charge is 0.484 e. The molecule has 0 aliphatic carbocycles. The van der Waals surface area contributed by atoms with E-state index in [1.807, 2.05) is 19.9 Å². The molecule has 156 valence electrons. The Kier molecular flexibility index (Phi) is 7.08. The minimum Gasteiger partial charge on any atom is -0.484 e. The third-order valence-electron chi connectivity index (χ3n) is 4.08. The number of ether oxygens (including phenoxy) is 2. The maximum absolute atomic E-state index is 12.7. The van der Waals surface area contributed by atoms with Gasteiger partial charge in [0.25, 0.3) is 11.8 Å². The Hall–Kier alpha value is -3.23. The van der Waals surface area contributed by atoms with E-state index in [-0.39, 0.29) is 5.75 Å². The van der Waals surface area contributed by atoms with Crippen LogP contribution in [0.15, 0.2) is 42.5 Å². The van der Waals surface area contributed by atoms with Crippen LogP contribution in [0.4, 0.5) is 13.2 Å². The summed E-state index contributed by atoms with van der Waals surface area (Å²) in [5, 5.41) is 0. The van der Waals surface area contributed by atoms with Gasteiger partial charge < -0.3 is 9.47 Å². The molecule has 1 atom stereocenters. The van der Waals surface area contributed by atoms with E-state index in [0.717, 1.165) is 23.3 Å². The third kappa shape index (κ3) is 6.41. The highest BCUT2D eigenvalue weighted by molar-refractivity contribution is 5.85. The molecule has 9 heteroatoms. The van der Waals surface area contributed by atoms with Crippen LogP contribution in [0.5, 0.6) is 11.5 Å². The second-order valence-corrected chi connectivity index (χ2v) is 6.31. The lowest BCUT2D eigenvalue weighted by Gasteiger charge is -2.17. The van der Waals surface area contributed by atoms with Crippen LogP contribution in [-0.2, 0) is 15.8 Å². The number of amides is 2. The highest BCUT2D eigenvalue weighted by Gasteiger charge is 2.30. The Morgan fingerprint density at radius 2 is 1.76 bits per heavy atom. The lowest BCUT2D eigenvalue weighted by Crippen LogP contribution is -2.48. The van der Waals surface area contributed by atoms with E-state index in [2.05, 4.69) is 10.9 Å². The van der Waals surface area contributed by atoms with Crippen LogP contribution in [0.2, 0.25) is 0 Å². The Morgan fingerprint density at radius 1 is 1.07 bits per heavy atom. The molecule has 0 aliphatic rings. The minimum absolute atomic E-state index is 0.118. The zero-order chi connectivity index (χ0) is 21.6. The van der Waals surface area contributed by atoms with Gasteiger partial charge >= 0.3 is 6.18 Å². The second-order valence-electron chi connectivity index (χ2n) is 6.31. The molecule has 6 nitrogen and oxygen atoms in total. The topological polar surface area (TPSA) is 76.7 Å². The molecule has 0 heterocycles. The van der Waals surface area contributed by atoms with E-state index in [1.54, 1.807) is 12.1 Å². The zero-order valence-electron chi connectivity index (χ0n) is 16.1. The highest BCUT2D eigenvalue weighted by atomic mass is 19.4. The van der Waals surface area contributed by atoms with Gasteiger partial charge in [-0.2, -0.15) is 13.2 Å². The van der Waals surface area contributed by atoms with Crippen molar-refractivity contribution in [2.24, 2.45) is 0 Å². The van der Waals surface area contributed by atoms with Crippen molar-refractivity contribution in [2.75, 3.05) is 6.61 Å². The van der Waals surface area contributed by atoms with Crippen LogP contribution in [0.3, 0.4) is 0 Å². The lowest BCUT2D eigenvalue weighted by atomic mass is 10.1. The van der Waals surface area contributed by atoms with E-state index in [0.29, 0.717) is 5.75 Å². The molecule has 29 heavy (non-hydrogen) atoms. The molecule has 1 unspecified atom stereocenters. The fourth-order valence-electron chi connectivity index (χ4n) is 2.28. The molecule has 2 rings (SSSR count). The van der Waals surface area contributed by atoms with Crippen LogP contribution in [0.1, 0.15) is 23.6 Å². The molecular formula is C20H21F3N2O4. The van der Waals surface area contributed by atoms with Crippen molar-refractivity contribution in [3.8, 4) is 11.5 Å². The van der Waals surface area contributed by atoms with Crippen LogP contribution in [0, 0.1) is 13.8 Å². The Balaban J connectivity index is 1.81. The van der Waals surface area contributed by atoms with Gasteiger partial charge in [-0.1, -0.05) is 18.2 Å². The van der Waals surface area contributed by atoms with E-state index in [4.69, 9.17) is 9.47 Å². The number of nitrogens with one attached hydrogen (secondary N) is 2. The monoisotopic (exact) mass is 410 g/mol.